The number of hydrogen-bond donors (Lipinski definition) is 1. The summed E-state index contributed by atoms with van der Waals surface area (Å²) in [6.07, 6.45) is 0. The highest BCUT2D eigenvalue weighted by Crippen LogP contribution is 2.32. The van der Waals surface area contributed by atoms with Gasteiger partial charge in [-0.3, -0.25) is 0 Å². The molecule has 0 saturated carbocycles. The molecule has 1 aliphatic rings. The molecule has 0 unspecified atom stereocenters. The monoisotopic (exact) mass is 326 g/mol. The van der Waals surface area contributed by atoms with Gasteiger partial charge in [0.05, 0.1) is 5.52 Å². The first-order valence-corrected chi connectivity index (χ1v) is 7.81. The molecule has 0 fully saturated rings. The van der Waals surface area contributed by atoms with Gasteiger partial charge in [0.1, 0.15) is 5.15 Å². The van der Waals surface area contributed by atoms with Crippen molar-refractivity contribution in [3.8, 4) is 11.5 Å². The van der Waals surface area contributed by atoms with Gasteiger partial charge in [-0.15, -0.1) is 0 Å². The molecule has 0 aliphatic carbocycles. The Hall–Kier alpha value is -2.30. The second-order valence-corrected chi connectivity index (χ2v) is 5.78. The Labute approximate surface area is 139 Å². The number of ether oxygens (including phenoxy) is 2. The summed E-state index contributed by atoms with van der Waals surface area (Å²) in [5.74, 6) is 1.60. The molecule has 0 bridgehead atoms. The van der Waals surface area contributed by atoms with Crippen molar-refractivity contribution in [2.75, 3.05) is 6.79 Å². The number of aromatic nitrogens is 1. The van der Waals surface area contributed by atoms with Crippen LogP contribution in [0.15, 0.2) is 48.5 Å². The van der Waals surface area contributed by atoms with Gasteiger partial charge in [0.15, 0.2) is 11.5 Å². The van der Waals surface area contributed by atoms with Crippen molar-refractivity contribution in [1.82, 2.24) is 10.3 Å². The summed E-state index contributed by atoms with van der Waals surface area (Å²) in [6, 6.07) is 16.0. The molecule has 116 valence electrons. The Morgan fingerprint density at radius 1 is 1.00 bits per heavy atom. The summed E-state index contributed by atoms with van der Waals surface area (Å²) >= 11 is 6.27. The normalized spacial score (nSPS) is 12.7. The molecule has 1 aromatic heterocycles. The zero-order valence-corrected chi connectivity index (χ0v) is 13.1. The Morgan fingerprint density at radius 2 is 1.87 bits per heavy atom. The molecule has 5 heteroatoms. The zero-order valence-electron chi connectivity index (χ0n) is 12.4. The average molecular weight is 327 g/mol. The second-order valence-electron chi connectivity index (χ2n) is 5.42. The van der Waals surface area contributed by atoms with Crippen molar-refractivity contribution in [3.63, 3.8) is 0 Å². The van der Waals surface area contributed by atoms with E-state index in [0.29, 0.717) is 18.5 Å². The van der Waals surface area contributed by atoms with E-state index in [9.17, 15) is 0 Å². The fourth-order valence-corrected chi connectivity index (χ4v) is 2.87. The van der Waals surface area contributed by atoms with E-state index in [0.717, 1.165) is 40.1 Å². The molecule has 0 atom stereocenters. The fraction of sp³-hybridized carbons (Fsp3) is 0.167. The Kier molecular flexibility index (Phi) is 3.77. The van der Waals surface area contributed by atoms with Crippen LogP contribution in [0.3, 0.4) is 0 Å². The number of pyridine rings is 1. The van der Waals surface area contributed by atoms with Crippen LogP contribution >= 0.6 is 11.6 Å². The first-order valence-electron chi connectivity index (χ1n) is 7.43. The summed E-state index contributed by atoms with van der Waals surface area (Å²) in [5, 5.41) is 5.03. The van der Waals surface area contributed by atoms with Crippen molar-refractivity contribution in [2.24, 2.45) is 0 Å². The number of rotatable bonds is 4. The minimum absolute atomic E-state index is 0.296. The highest BCUT2D eigenvalue weighted by atomic mass is 35.5. The number of benzene rings is 2. The molecule has 1 aliphatic heterocycles. The summed E-state index contributed by atoms with van der Waals surface area (Å²) in [4.78, 5) is 4.44. The summed E-state index contributed by atoms with van der Waals surface area (Å²) in [6.45, 7) is 1.68. The molecule has 0 saturated heterocycles. The van der Waals surface area contributed by atoms with Crippen LogP contribution in [0.4, 0.5) is 0 Å². The van der Waals surface area contributed by atoms with Crippen LogP contribution in [0.25, 0.3) is 10.9 Å². The van der Waals surface area contributed by atoms with E-state index in [-0.39, 0.29) is 0 Å². The quantitative estimate of drug-likeness (QED) is 0.738. The van der Waals surface area contributed by atoms with Crippen LogP contribution in [-0.4, -0.2) is 11.8 Å². The lowest BCUT2D eigenvalue weighted by Crippen LogP contribution is -2.13. The minimum atomic E-state index is 0.296. The first kappa shape index (κ1) is 14.3. The van der Waals surface area contributed by atoms with Gasteiger partial charge in [-0.25, -0.2) is 4.98 Å². The van der Waals surface area contributed by atoms with E-state index < -0.39 is 0 Å². The van der Waals surface area contributed by atoms with E-state index in [1.165, 1.54) is 0 Å². The van der Waals surface area contributed by atoms with Crippen molar-refractivity contribution < 1.29 is 9.47 Å². The Bertz CT molecular complexity index is 867. The van der Waals surface area contributed by atoms with Gasteiger partial charge in [-0.2, -0.15) is 0 Å². The standard InChI is InChI=1S/C18H15ClN2O2/c19-18-14(8-13-3-1-2-4-15(13)21-18)10-20-9-12-5-6-16-17(7-12)23-11-22-16/h1-8,20H,9-11H2. The topological polar surface area (TPSA) is 43.4 Å². The molecule has 0 spiro atoms. The molecule has 2 heterocycles. The molecular weight excluding hydrogens is 312 g/mol. The van der Waals surface area contributed by atoms with Crippen molar-refractivity contribution in [2.45, 2.75) is 13.1 Å². The van der Waals surface area contributed by atoms with Crippen LogP contribution in [0.1, 0.15) is 11.1 Å². The number of hydrogen-bond acceptors (Lipinski definition) is 4. The highest BCUT2D eigenvalue weighted by molar-refractivity contribution is 6.30. The van der Waals surface area contributed by atoms with Gasteiger partial charge in [0.2, 0.25) is 6.79 Å². The lowest BCUT2D eigenvalue weighted by molar-refractivity contribution is 0.174. The molecule has 2 aromatic carbocycles. The average Bonchev–Trinajstić information content (AvgIpc) is 3.03. The van der Waals surface area contributed by atoms with E-state index in [2.05, 4.69) is 16.4 Å². The maximum atomic E-state index is 6.27. The fourth-order valence-electron chi connectivity index (χ4n) is 2.65. The summed E-state index contributed by atoms with van der Waals surface area (Å²) < 4.78 is 10.7. The summed E-state index contributed by atoms with van der Waals surface area (Å²) in [7, 11) is 0. The number of para-hydroxylation sites is 1. The predicted octanol–water partition coefficient (Wildman–Crippen LogP) is 3.91. The minimum Gasteiger partial charge on any atom is -0.454 e. The maximum absolute atomic E-state index is 6.27. The number of nitrogens with zero attached hydrogens (tertiary/aromatic N) is 1. The predicted molar refractivity (Wildman–Crippen MR) is 89.9 cm³/mol. The largest absolute Gasteiger partial charge is 0.454 e. The van der Waals surface area contributed by atoms with Gasteiger partial charge >= 0.3 is 0 Å². The van der Waals surface area contributed by atoms with Crippen molar-refractivity contribution in [3.05, 3.63) is 64.8 Å². The molecule has 3 aromatic rings. The number of halogens is 1. The van der Waals surface area contributed by atoms with Gasteiger partial charge in [-0.05, 0) is 29.8 Å². The summed E-state index contributed by atoms with van der Waals surface area (Å²) in [5.41, 5.74) is 3.04. The lowest BCUT2D eigenvalue weighted by Gasteiger charge is -2.08. The molecule has 0 radical (unpaired) electrons. The van der Waals surface area contributed by atoms with Gasteiger partial charge in [0, 0.05) is 24.0 Å². The molecule has 0 amide bonds. The zero-order chi connectivity index (χ0) is 15.6. The van der Waals surface area contributed by atoms with Crippen LogP contribution in [0.2, 0.25) is 5.15 Å². The maximum Gasteiger partial charge on any atom is 0.231 e. The van der Waals surface area contributed by atoms with Crippen LogP contribution in [0, 0.1) is 0 Å². The number of fused-ring (bicyclic) bond motifs is 2. The second kappa shape index (κ2) is 6.07. The van der Waals surface area contributed by atoms with Crippen molar-refractivity contribution in [1.29, 1.82) is 0 Å². The lowest BCUT2D eigenvalue weighted by atomic mass is 10.1. The SMILES string of the molecule is Clc1nc2ccccc2cc1CNCc1ccc2c(c1)OCO2. The molecule has 23 heavy (non-hydrogen) atoms. The third-order valence-electron chi connectivity index (χ3n) is 3.83. The molecule has 4 rings (SSSR count). The van der Waals surface area contributed by atoms with Crippen LogP contribution in [-0.2, 0) is 13.1 Å². The molecule has 1 N–H and O–H groups in total. The smallest absolute Gasteiger partial charge is 0.231 e. The van der Waals surface area contributed by atoms with Crippen LogP contribution in [0.5, 0.6) is 11.5 Å². The first-order chi connectivity index (χ1) is 11.3. The van der Waals surface area contributed by atoms with Gasteiger partial charge < -0.3 is 14.8 Å². The van der Waals surface area contributed by atoms with Crippen LogP contribution < -0.4 is 14.8 Å². The Morgan fingerprint density at radius 3 is 2.83 bits per heavy atom. The number of nitrogens with one attached hydrogen (secondary N) is 1. The molecule has 4 nitrogen and oxygen atoms in total. The van der Waals surface area contributed by atoms with Gasteiger partial charge in [-0.1, -0.05) is 35.9 Å². The Balaban J connectivity index is 1.46. The van der Waals surface area contributed by atoms with E-state index in [4.69, 9.17) is 21.1 Å². The molecular formula is C18H15ClN2O2. The van der Waals surface area contributed by atoms with E-state index in [1.807, 2.05) is 42.5 Å². The van der Waals surface area contributed by atoms with E-state index in [1.54, 1.807) is 0 Å². The van der Waals surface area contributed by atoms with Gasteiger partial charge in [0.25, 0.3) is 0 Å². The third-order valence-corrected chi connectivity index (χ3v) is 4.16. The third kappa shape index (κ3) is 2.96. The highest BCUT2D eigenvalue weighted by Gasteiger charge is 2.13. The van der Waals surface area contributed by atoms with E-state index >= 15 is 0 Å². The van der Waals surface area contributed by atoms with Crippen molar-refractivity contribution >= 4 is 22.5 Å².